The first kappa shape index (κ1) is 21.4. The van der Waals surface area contributed by atoms with Crippen LogP contribution in [0.3, 0.4) is 0 Å². The van der Waals surface area contributed by atoms with Crippen LogP contribution in [0, 0.1) is 0 Å². The zero-order valence-corrected chi connectivity index (χ0v) is 19.6. The van der Waals surface area contributed by atoms with Crippen molar-refractivity contribution in [2.75, 3.05) is 13.2 Å². The molecule has 1 unspecified atom stereocenters. The van der Waals surface area contributed by atoms with E-state index < -0.39 is 21.8 Å². The summed E-state index contributed by atoms with van der Waals surface area (Å²) in [4.78, 5) is 13.4. The minimum Gasteiger partial charge on any atom is -0.485 e. The first-order valence-corrected chi connectivity index (χ1v) is 12.8. The van der Waals surface area contributed by atoms with Gasteiger partial charge in [0.2, 0.25) is 5.91 Å². The Labute approximate surface area is 195 Å². The molecule has 1 N–H and O–H groups in total. The molecule has 0 saturated carbocycles. The Morgan fingerprint density at radius 3 is 2.62 bits per heavy atom. The summed E-state index contributed by atoms with van der Waals surface area (Å²) in [6, 6.07) is 16.0. The number of carbonyl (C=O) groups is 1. The summed E-state index contributed by atoms with van der Waals surface area (Å²) in [5.41, 5.74) is 1.76. The van der Waals surface area contributed by atoms with Crippen LogP contribution in [-0.4, -0.2) is 33.6 Å². The summed E-state index contributed by atoms with van der Waals surface area (Å²) < 4.78 is 40.7. The Kier molecular flexibility index (Phi) is 5.69. The number of sulfonamides is 1. The van der Waals surface area contributed by atoms with Gasteiger partial charge in [-0.05, 0) is 54.0 Å². The van der Waals surface area contributed by atoms with Crippen molar-refractivity contribution in [1.82, 2.24) is 4.72 Å². The molecule has 2 aliphatic rings. The van der Waals surface area contributed by atoms with Crippen LogP contribution in [0.2, 0.25) is 0 Å². The number of nitrogens with one attached hydrogen (secondary N) is 1. The second kappa shape index (κ2) is 8.50. The average molecular weight is 516 g/mol. The van der Waals surface area contributed by atoms with Gasteiger partial charge >= 0.3 is 0 Å². The topological polar surface area (TPSA) is 81.7 Å². The maximum absolute atomic E-state index is 13.3. The normalized spacial score (nSPS) is 18.6. The van der Waals surface area contributed by atoms with E-state index in [1.54, 1.807) is 18.2 Å². The largest absolute Gasteiger partial charge is 0.485 e. The van der Waals surface area contributed by atoms with Gasteiger partial charge in [-0.15, -0.1) is 0 Å². The maximum atomic E-state index is 13.3. The lowest BCUT2D eigenvalue weighted by atomic mass is 9.82. The highest BCUT2D eigenvalue weighted by Crippen LogP contribution is 2.42. The van der Waals surface area contributed by atoms with Crippen LogP contribution in [0.25, 0.3) is 10.8 Å². The highest BCUT2D eigenvalue weighted by atomic mass is 79.9. The van der Waals surface area contributed by atoms with Gasteiger partial charge in [-0.25, -0.2) is 13.1 Å². The number of rotatable bonds is 5. The lowest BCUT2D eigenvalue weighted by molar-refractivity contribution is -0.121. The summed E-state index contributed by atoms with van der Waals surface area (Å²) in [5, 5.41) is 1.38. The Bertz CT molecular complexity index is 1300. The average Bonchev–Trinajstić information content (AvgIpc) is 2.76. The van der Waals surface area contributed by atoms with Gasteiger partial charge in [-0.2, -0.15) is 0 Å². The molecule has 166 valence electrons. The Hall–Kier alpha value is -2.42. The molecule has 0 spiro atoms. The number of carbonyl (C=O) groups excluding carboxylic acids is 1. The summed E-state index contributed by atoms with van der Waals surface area (Å²) in [7, 11) is -4.04. The van der Waals surface area contributed by atoms with Gasteiger partial charge in [0, 0.05) is 9.86 Å². The van der Waals surface area contributed by atoms with Gasteiger partial charge in [-0.1, -0.05) is 52.3 Å². The van der Waals surface area contributed by atoms with Crippen molar-refractivity contribution in [1.29, 1.82) is 0 Å². The SMILES string of the molecule is O=C(NS(=O)(=O)c1cccc2ccccc12)C1CCCc2c(OC3COC3)ccc(Br)c21. The monoisotopic (exact) mass is 515 g/mol. The van der Waals surface area contributed by atoms with E-state index in [1.165, 1.54) is 6.07 Å². The quantitative estimate of drug-likeness (QED) is 0.547. The molecule has 1 fully saturated rings. The van der Waals surface area contributed by atoms with Gasteiger partial charge in [0.1, 0.15) is 11.9 Å². The van der Waals surface area contributed by atoms with E-state index in [-0.39, 0.29) is 11.0 Å². The molecule has 0 bridgehead atoms. The van der Waals surface area contributed by atoms with E-state index in [4.69, 9.17) is 9.47 Å². The zero-order valence-electron chi connectivity index (χ0n) is 17.2. The van der Waals surface area contributed by atoms with Crippen molar-refractivity contribution in [3.63, 3.8) is 0 Å². The number of hydrogen-bond acceptors (Lipinski definition) is 5. The lowest BCUT2D eigenvalue weighted by Gasteiger charge is -2.31. The third kappa shape index (κ3) is 3.91. The van der Waals surface area contributed by atoms with E-state index in [0.717, 1.165) is 39.6 Å². The van der Waals surface area contributed by atoms with E-state index >= 15 is 0 Å². The highest BCUT2D eigenvalue weighted by Gasteiger charge is 2.34. The van der Waals surface area contributed by atoms with Crippen molar-refractivity contribution in [2.24, 2.45) is 0 Å². The fraction of sp³-hybridized carbons (Fsp3) is 0.292. The number of amides is 1. The number of halogens is 1. The van der Waals surface area contributed by atoms with E-state index in [9.17, 15) is 13.2 Å². The summed E-state index contributed by atoms with van der Waals surface area (Å²) in [6.07, 6.45) is 2.13. The molecular weight excluding hydrogens is 494 g/mol. The second-order valence-corrected chi connectivity index (χ2v) is 10.6. The molecule has 1 saturated heterocycles. The van der Waals surface area contributed by atoms with Crippen LogP contribution in [-0.2, 0) is 26.0 Å². The lowest BCUT2D eigenvalue weighted by Crippen LogP contribution is -2.39. The number of benzene rings is 3. The predicted molar refractivity (Wildman–Crippen MR) is 124 cm³/mol. The molecule has 0 aromatic heterocycles. The third-order valence-electron chi connectivity index (χ3n) is 6.02. The smallest absolute Gasteiger partial charge is 0.264 e. The van der Waals surface area contributed by atoms with Crippen LogP contribution >= 0.6 is 15.9 Å². The number of ether oxygens (including phenoxy) is 2. The zero-order chi connectivity index (χ0) is 22.3. The van der Waals surface area contributed by atoms with E-state index in [0.29, 0.717) is 25.0 Å². The fourth-order valence-electron chi connectivity index (χ4n) is 4.40. The second-order valence-electron chi connectivity index (χ2n) is 8.11. The summed E-state index contributed by atoms with van der Waals surface area (Å²) >= 11 is 3.57. The molecule has 1 atom stereocenters. The molecular formula is C24H22BrNO5S. The molecule has 1 amide bonds. The van der Waals surface area contributed by atoms with Crippen LogP contribution in [0.4, 0.5) is 0 Å². The first-order valence-electron chi connectivity index (χ1n) is 10.5. The van der Waals surface area contributed by atoms with E-state index in [2.05, 4.69) is 20.7 Å². The molecule has 32 heavy (non-hydrogen) atoms. The third-order valence-corrected chi connectivity index (χ3v) is 8.12. The number of fused-ring (bicyclic) bond motifs is 2. The molecule has 1 aliphatic heterocycles. The Morgan fingerprint density at radius 1 is 1.06 bits per heavy atom. The molecule has 3 aromatic carbocycles. The van der Waals surface area contributed by atoms with Crippen molar-refractivity contribution >= 4 is 42.6 Å². The summed E-state index contributed by atoms with van der Waals surface area (Å²) in [5.74, 6) is -0.367. The molecule has 3 aromatic rings. The van der Waals surface area contributed by atoms with Crippen LogP contribution in [0.15, 0.2) is 64.0 Å². The Morgan fingerprint density at radius 2 is 1.84 bits per heavy atom. The van der Waals surface area contributed by atoms with Gasteiger partial charge in [0.25, 0.3) is 10.0 Å². The summed E-state index contributed by atoms with van der Waals surface area (Å²) in [6.45, 7) is 1.11. The molecule has 0 radical (unpaired) electrons. The molecule has 5 rings (SSSR count). The minimum absolute atomic E-state index is 0.0150. The van der Waals surface area contributed by atoms with Crippen LogP contribution in [0.1, 0.15) is 29.9 Å². The van der Waals surface area contributed by atoms with Gasteiger partial charge in [-0.3, -0.25) is 4.79 Å². The standard InChI is InChI=1S/C24H22BrNO5S/c25-20-11-12-21(31-16-13-30-14-16)18-8-4-9-19(23(18)20)24(27)26-32(28,29)22-10-3-6-15-5-1-2-7-17(15)22/h1-3,5-7,10-12,16,19H,4,8-9,13-14H2,(H,26,27). The van der Waals surface area contributed by atoms with Crippen molar-refractivity contribution in [3.8, 4) is 5.75 Å². The molecule has 1 heterocycles. The number of hydrogen-bond donors (Lipinski definition) is 1. The fourth-order valence-corrected chi connectivity index (χ4v) is 6.30. The van der Waals surface area contributed by atoms with Crippen molar-refractivity contribution in [2.45, 2.75) is 36.2 Å². The molecule has 1 aliphatic carbocycles. The maximum Gasteiger partial charge on any atom is 0.264 e. The Balaban J connectivity index is 1.46. The van der Waals surface area contributed by atoms with Crippen LogP contribution in [0.5, 0.6) is 5.75 Å². The van der Waals surface area contributed by atoms with Crippen molar-refractivity contribution in [3.05, 3.63) is 70.2 Å². The molecule has 6 nitrogen and oxygen atoms in total. The minimum atomic E-state index is -4.04. The van der Waals surface area contributed by atoms with Gasteiger partial charge < -0.3 is 9.47 Å². The van der Waals surface area contributed by atoms with Crippen molar-refractivity contribution < 1.29 is 22.7 Å². The molecule has 8 heteroatoms. The van der Waals surface area contributed by atoms with Gasteiger partial charge in [0.15, 0.2) is 0 Å². The highest BCUT2D eigenvalue weighted by molar-refractivity contribution is 9.10. The first-order chi connectivity index (χ1) is 15.4. The van der Waals surface area contributed by atoms with E-state index in [1.807, 2.05) is 30.3 Å². The van der Waals surface area contributed by atoms with Gasteiger partial charge in [0.05, 0.1) is 24.0 Å². The van der Waals surface area contributed by atoms with Crippen LogP contribution < -0.4 is 9.46 Å². The predicted octanol–water partition coefficient (Wildman–Crippen LogP) is 4.30.